The number of nitrogens with zero attached hydrogens (tertiary/aromatic N) is 1. The second kappa shape index (κ2) is 3.89. The van der Waals surface area contributed by atoms with E-state index in [0.29, 0.717) is 5.01 Å². The molecule has 0 aliphatic heterocycles. The lowest BCUT2D eigenvalue weighted by atomic mass is 10.2. The number of thiazole rings is 1. The van der Waals surface area contributed by atoms with Crippen molar-refractivity contribution >= 4 is 21.6 Å². The highest BCUT2D eigenvalue weighted by atomic mass is 32.1. The van der Waals surface area contributed by atoms with Gasteiger partial charge in [0.05, 0.1) is 10.2 Å². The Labute approximate surface area is 100 Å². The van der Waals surface area contributed by atoms with Gasteiger partial charge in [0.2, 0.25) is 0 Å². The highest BCUT2D eigenvalue weighted by molar-refractivity contribution is 7.21. The minimum absolute atomic E-state index is 0.214. The molecule has 4 heteroatoms. The van der Waals surface area contributed by atoms with E-state index in [9.17, 15) is 8.78 Å². The highest BCUT2D eigenvalue weighted by Gasteiger charge is 2.11. The molecule has 0 radical (unpaired) electrons. The maximum Gasteiger partial charge on any atom is 0.133 e. The number of benzene rings is 2. The number of hydrogen-bond acceptors (Lipinski definition) is 2. The van der Waals surface area contributed by atoms with Crippen LogP contribution in [0.5, 0.6) is 0 Å². The van der Waals surface area contributed by atoms with Crippen molar-refractivity contribution in [2.45, 2.75) is 0 Å². The summed E-state index contributed by atoms with van der Waals surface area (Å²) >= 11 is 1.36. The third-order valence-corrected chi connectivity index (χ3v) is 3.52. The number of rotatable bonds is 1. The van der Waals surface area contributed by atoms with Crippen molar-refractivity contribution in [3.05, 3.63) is 54.1 Å². The molecule has 0 bridgehead atoms. The monoisotopic (exact) mass is 247 g/mol. The van der Waals surface area contributed by atoms with E-state index in [1.54, 1.807) is 0 Å². The third kappa shape index (κ3) is 1.80. The average Bonchev–Trinajstić information content (AvgIpc) is 2.75. The Morgan fingerprint density at radius 2 is 1.82 bits per heavy atom. The van der Waals surface area contributed by atoms with Crippen LogP contribution in [-0.2, 0) is 0 Å². The molecule has 3 rings (SSSR count). The van der Waals surface area contributed by atoms with Crippen LogP contribution in [0, 0.1) is 11.6 Å². The first-order chi connectivity index (χ1) is 8.24. The number of fused-ring (bicyclic) bond motifs is 1. The summed E-state index contributed by atoms with van der Waals surface area (Å²) in [6, 6.07) is 10.9. The van der Waals surface area contributed by atoms with Gasteiger partial charge in [0, 0.05) is 5.56 Å². The normalized spacial score (nSPS) is 10.9. The fraction of sp³-hybridized carbons (Fsp3) is 0. The molecule has 0 fully saturated rings. The second-order valence-electron chi connectivity index (χ2n) is 3.61. The van der Waals surface area contributed by atoms with Gasteiger partial charge in [0.1, 0.15) is 16.6 Å². The van der Waals surface area contributed by atoms with Crippen LogP contribution in [0.3, 0.4) is 0 Å². The van der Waals surface area contributed by atoms with Gasteiger partial charge in [0.15, 0.2) is 0 Å². The van der Waals surface area contributed by atoms with Crippen LogP contribution < -0.4 is 0 Å². The molecule has 17 heavy (non-hydrogen) atoms. The lowest BCUT2D eigenvalue weighted by Gasteiger charge is -1.98. The largest absolute Gasteiger partial charge is 0.236 e. The Hall–Kier alpha value is -1.81. The molecule has 1 nitrogen and oxygen atoms in total. The molecule has 0 amide bonds. The highest BCUT2D eigenvalue weighted by Crippen LogP contribution is 2.31. The Kier molecular flexibility index (Phi) is 2.37. The molecule has 0 aliphatic carbocycles. The fourth-order valence-electron chi connectivity index (χ4n) is 1.65. The van der Waals surface area contributed by atoms with E-state index in [1.165, 1.54) is 17.4 Å². The summed E-state index contributed by atoms with van der Waals surface area (Å²) in [6.07, 6.45) is 0. The fourth-order valence-corrected chi connectivity index (χ4v) is 2.63. The summed E-state index contributed by atoms with van der Waals surface area (Å²) < 4.78 is 27.6. The van der Waals surface area contributed by atoms with Crippen LogP contribution in [0.2, 0.25) is 0 Å². The zero-order chi connectivity index (χ0) is 11.8. The zero-order valence-corrected chi connectivity index (χ0v) is 9.47. The van der Waals surface area contributed by atoms with E-state index in [4.69, 9.17) is 0 Å². The molecule has 0 atom stereocenters. The molecular formula is C13H7F2NS. The van der Waals surface area contributed by atoms with Gasteiger partial charge in [-0.2, -0.15) is 0 Å². The van der Waals surface area contributed by atoms with E-state index in [2.05, 4.69) is 4.98 Å². The van der Waals surface area contributed by atoms with E-state index >= 15 is 0 Å². The summed E-state index contributed by atoms with van der Waals surface area (Å²) in [4.78, 5) is 4.30. The Morgan fingerprint density at radius 1 is 1.00 bits per heavy atom. The summed E-state index contributed by atoms with van der Waals surface area (Å²) in [7, 11) is 0. The lowest BCUT2D eigenvalue weighted by Crippen LogP contribution is -1.85. The van der Waals surface area contributed by atoms with Crippen LogP contribution >= 0.6 is 11.3 Å². The van der Waals surface area contributed by atoms with Crippen molar-refractivity contribution in [2.24, 2.45) is 0 Å². The molecule has 2 aromatic carbocycles. The first-order valence-corrected chi connectivity index (χ1v) is 5.87. The molecule has 0 saturated carbocycles. The smallest absolute Gasteiger partial charge is 0.133 e. The molecule has 1 aromatic heterocycles. The number of aromatic nitrogens is 1. The van der Waals surface area contributed by atoms with Crippen molar-refractivity contribution in [1.29, 1.82) is 0 Å². The van der Waals surface area contributed by atoms with Crippen molar-refractivity contribution in [3.63, 3.8) is 0 Å². The van der Waals surface area contributed by atoms with E-state index in [1.807, 2.05) is 24.3 Å². The molecule has 0 spiro atoms. The average molecular weight is 247 g/mol. The Balaban J connectivity index is 2.23. The van der Waals surface area contributed by atoms with Crippen LogP contribution in [0.4, 0.5) is 8.78 Å². The Bertz CT molecular complexity index is 658. The molecule has 0 saturated heterocycles. The van der Waals surface area contributed by atoms with Gasteiger partial charge in [-0.05, 0) is 30.3 Å². The minimum Gasteiger partial charge on any atom is -0.236 e. The SMILES string of the molecule is Fc1ccc(F)c(-c2nc3ccccc3s2)c1. The van der Waals surface area contributed by atoms with Gasteiger partial charge in [-0.25, -0.2) is 13.8 Å². The molecule has 84 valence electrons. The van der Waals surface area contributed by atoms with Crippen LogP contribution in [-0.4, -0.2) is 4.98 Å². The minimum atomic E-state index is -0.458. The number of para-hydroxylation sites is 1. The predicted molar refractivity (Wildman–Crippen MR) is 65.0 cm³/mol. The van der Waals surface area contributed by atoms with Gasteiger partial charge in [-0.1, -0.05) is 12.1 Å². The first-order valence-electron chi connectivity index (χ1n) is 5.05. The van der Waals surface area contributed by atoms with Gasteiger partial charge in [-0.3, -0.25) is 0 Å². The maximum absolute atomic E-state index is 13.6. The lowest BCUT2D eigenvalue weighted by molar-refractivity contribution is 0.603. The summed E-state index contributed by atoms with van der Waals surface area (Å²) in [6.45, 7) is 0. The van der Waals surface area contributed by atoms with Crippen LogP contribution in [0.15, 0.2) is 42.5 Å². The van der Waals surface area contributed by atoms with Gasteiger partial charge < -0.3 is 0 Å². The van der Waals surface area contributed by atoms with Gasteiger partial charge in [0.25, 0.3) is 0 Å². The van der Waals surface area contributed by atoms with Gasteiger partial charge >= 0.3 is 0 Å². The number of hydrogen-bond donors (Lipinski definition) is 0. The van der Waals surface area contributed by atoms with Crippen LogP contribution in [0.1, 0.15) is 0 Å². The van der Waals surface area contributed by atoms with E-state index < -0.39 is 11.6 Å². The van der Waals surface area contributed by atoms with Crippen molar-refractivity contribution in [3.8, 4) is 10.6 Å². The predicted octanol–water partition coefficient (Wildman–Crippen LogP) is 4.24. The molecule has 0 unspecified atom stereocenters. The number of halogens is 2. The molecule has 3 aromatic rings. The summed E-state index contributed by atoms with van der Waals surface area (Å²) in [5, 5.41) is 0.503. The Morgan fingerprint density at radius 3 is 2.65 bits per heavy atom. The molecular weight excluding hydrogens is 240 g/mol. The van der Waals surface area contributed by atoms with E-state index in [-0.39, 0.29) is 5.56 Å². The molecule has 0 aliphatic rings. The van der Waals surface area contributed by atoms with E-state index in [0.717, 1.165) is 22.3 Å². The van der Waals surface area contributed by atoms with Crippen LogP contribution in [0.25, 0.3) is 20.8 Å². The van der Waals surface area contributed by atoms with Crippen molar-refractivity contribution < 1.29 is 8.78 Å². The third-order valence-electron chi connectivity index (χ3n) is 2.45. The van der Waals surface area contributed by atoms with Crippen molar-refractivity contribution in [2.75, 3.05) is 0 Å². The zero-order valence-electron chi connectivity index (χ0n) is 8.65. The quantitative estimate of drug-likeness (QED) is 0.626. The van der Waals surface area contributed by atoms with Crippen molar-refractivity contribution in [1.82, 2.24) is 4.98 Å². The molecule has 1 heterocycles. The topological polar surface area (TPSA) is 12.9 Å². The van der Waals surface area contributed by atoms with Gasteiger partial charge in [-0.15, -0.1) is 11.3 Å². The second-order valence-corrected chi connectivity index (χ2v) is 4.64. The summed E-state index contributed by atoms with van der Waals surface area (Å²) in [5.74, 6) is -0.911. The standard InChI is InChI=1S/C13H7F2NS/c14-8-5-6-10(15)9(7-8)13-16-11-3-1-2-4-12(11)17-13/h1-7H. The molecule has 0 N–H and O–H groups in total. The maximum atomic E-state index is 13.6. The first kappa shape index (κ1) is 10.4. The summed E-state index contributed by atoms with van der Waals surface area (Å²) in [5.41, 5.74) is 1.02.